The van der Waals surface area contributed by atoms with E-state index in [2.05, 4.69) is 4.98 Å². The molecule has 0 fully saturated rings. The van der Waals surface area contributed by atoms with Gasteiger partial charge in [-0.05, 0) is 25.5 Å². The number of benzene rings is 1. The highest BCUT2D eigenvalue weighted by atomic mass is 16.5. The molecule has 0 spiro atoms. The fourth-order valence-electron chi connectivity index (χ4n) is 2.97. The molecule has 28 heavy (non-hydrogen) atoms. The van der Waals surface area contributed by atoms with E-state index in [4.69, 9.17) is 4.74 Å². The van der Waals surface area contributed by atoms with Crippen molar-refractivity contribution in [2.24, 2.45) is 14.1 Å². The minimum Gasteiger partial charge on any atom is -0.456 e. The summed E-state index contributed by atoms with van der Waals surface area (Å²) >= 11 is 0. The van der Waals surface area contributed by atoms with Crippen LogP contribution in [0.1, 0.15) is 21.5 Å². The fraction of sp³-hybridized carbons (Fsp3) is 0.316. The van der Waals surface area contributed by atoms with E-state index in [0.717, 1.165) is 15.7 Å². The molecule has 0 atom stereocenters. The molecule has 2 heterocycles. The molecule has 0 saturated carbocycles. The molecule has 0 N–H and O–H groups in total. The summed E-state index contributed by atoms with van der Waals surface area (Å²) in [5, 5.41) is 0. The van der Waals surface area contributed by atoms with Crippen LogP contribution in [0.4, 0.5) is 0 Å². The Kier molecular flexibility index (Phi) is 5.00. The van der Waals surface area contributed by atoms with Crippen molar-refractivity contribution in [1.29, 1.82) is 0 Å². The molecule has 0 aliphatic carbocycles. The average molecular weight is 384 g/mol. The summed E-state index contributed by atoms with van der Waals surface area (Å²) in [7, 11) is 3.08. The van der Waals surface area contributed by atoms with Crippen molar-refractivity contribution >= 4 is 22.9 Å². The SMILES string of the molecule is Cc1ccc(C)c(C(=O)COC(=O)Cn2c(=O)c3c(ncn3C)n(C)c2=O)c1. The van der Waals surface area contributed by atoms with Gasteiger partial charge >= 0.3 is 11.7 Å². The number of aryl methyl sites for hydroxylation is 4. The van der Waals surface area contributed by atoms with E-state index in [1.165, 1.54) is 22.5 Å². The highest BCUT2D eigenvalue weighted by Gasteiger charge is 2.18. The molecular weight excluding hydrogens is 364 g/mol. The van der Waals surface area contributed by atoms with Gasteiger partial charge in [-0.1, -0.05) is 17.7 Å². The third-order valence-corrected chi connectivity index (χ3v) is 4.55. The Labute approximate surface area is 159 Å². The molecule has 2 aromatic heterocycles. The summed E-state index contributed by atoms with van der Waals surface area (Å²) < 4.78 is 8.45. The number of Topliss-reactive ketones (excluding diaryl/α,β-unsaturated/α-hetero) is 1. The first-order valence-electron chi connectivity index (χ1n) is 8.57. The van der Waals surface area contributed by atoms with Gasteiger partial charge in [0.15, 0.2) is 17.8 Å². The van der Waals surface area contributed by atoms with Crippen molar-refractivity contribution < 1.29 is 14.3 Å². The zero-order valence-corrected chi connectivity index (χ0v) is 16.1. The van der Waals surface area contributed by atoms with E-state index >= 15 is 0 Å². The molecule has 0 aliphatic heterocycles. The number of hydrogen-bond donors (Lipinski definition) is 0. The van der Waals surface area contributed by atoms with Gasteiger partial charge < -0.3 is 9.30 Å². The van der Waals surface area contributed by atoms with Gasteiger partial charge in [-0.3, -0.25) is 19.0 Å². The van der Waals surface area contributed by atoms with Crippen LogP contribution in [0.25, 0.3) is 11.2 Å². The number of esters is 1. The number of imidazole rings is 1. The van der Waals surface area contributed by atoms with Crippen molar-refractivity contribution in [2.75, 3.05) is 6.61 Å². The van der Waals surface area contributed by atoms with Crippen molar-refractivity contribution in [2.45, 2.75) is 20.4 Å². The number of nitrogens with zero attached hydrogens (tertiary/aromatic N) is 4. The van der Waals surface area contributed by atoms with Gasteiger partial charge in [0.2, 0.25) is 5.78 Å². The van der Waals surface area contributed by atoms with Crippen LogP contribution < -0.4 is 11.2 Å². The van der Waals surface area contributed by atoms with Crippen molar-refractivity contribution in [3.63, 3.8) is 0 Å². The number of carbonyl (C=O) groups is 2. The highest BCUT2D eigenvalue weighted by Crippen LogP contribution is 2.11. The molecule has 3 aromatic rings. The zero-order chi connectivity index (χ0) is 20.6. The largest absolute Gasteiger partial charge is 0.456 e. The Balaban J connectivity index is 1.80. The first-order valence-corrected chi connectivity index (χ1v) is 8.57. The lowest BCUT2D eigenvalue weighted by molar-refractivity contribution is -0.143. The molecule has 146 valence electrons. The normalized spacial score (nSPS) is 11.0. The van der Waals surface area contributed by atoms with Gasteiger partial charge in [-0.25, -0.2) is 14.3 Å². The zero-order valence-electron chi connectivity index (χ0n) is 16.1. The maximum absolute atomic E-state index is 12.6. The van der Waals surface area contributed by atoms with Crippen LogP contribution in [-0.2, 0) is 30.2 Å². The van der Waals surface area contributed by atoms with Gasteiger partial charge in [0, 0.05) is 19.7 Å². The summed E-state index contributed by atoms with van der Waals surface area (Å²) in [5.74, 6) is -1.20. The van der Waals surface area contributed by atoms with Gasteiger partial charge in [0.1, 0.15) is 6.54 Å². The maximum Gasteiger partial charge on any atom is 0.333 e. The molecule has 1 aromatic carbocycles. The average Bonchev–Trinajstić information content (AvgIpc) is 3.05. The van der Waals surface area contributed by atoms with Crippen molar-refractivity contribution in [1.82, 2.24) is 18.7 Å². The summed E-state index contributed by atoms with van der Waals surface area (Å²) in [6, 6.07) is 5.42. The number of aromatic nitrogens is 4. The van der Waals surface area contributed by atoms with Crippen LogP contribution in [0.15, 0.2) is 34.1 Å². The second-order valence-corrected chi connectivity index (χ2v) is 6.66. The van der Waals surface area contributed by atoms with Crippen LogP contribution >= 0.6 is 0 Å². The predicted octanol–water partition coefficient (Wildman–Crippen LogP) is 0.477. The monoisotopic (exact) mass is 384 g/mol. The standard InChI is InChI=1S/C19H20N4O5/c1-11-5-6-12(2)13(7-11)14(24)9-28-15(25)8-23-18(26)16-17(20-10-21(16)3)22(4)19(23)27/h5-7,10H,8-9H2,1-4H3. The van der Waals surface area contributed by atoms with Crippen molar-refractivity contribution in [3.8, 4) is 0 Å². The van der Waals surface area contributed by atoms with Gasteiger partial charge in [-0.15, -0.1) is 0 Å². The summed E-state index contributed by atoms with van der Waals surface area (Å²) in [5.41, 5.74) is 1.26. The van der Waals surface area contributed by atoms with E-state index < -0.39 is 30.4 Å². The van der Waals surface area contributed by atoms with Crippen LogP contribution in [-0.4, -0.2) is 37.0 Å². The summed E-state index contributed by atoms with van der Waals surface area (Å²) in [6.07, 6.45) is 1.41. The van der Waals surface area contributed by atoms with Gasteiger partial charge in [0.25, 0.3) is 5.56 Å². The predicted molar refractivity (Wildman–Crippen MR) is 101 cm³/mol. The number of hydrogen-bond acceptors (Lipinski definition) is 6. The van der Waals surface area contributed by atoms with Crippen LogP contribution in [0.2, 0.25) is 0 Å². The number of carbonyl (C=O) groups excluding carboxylic acids is 2. The Morgan fingerprint density at radius 1 is 1.14 bits per heavy atom. The van der Waals surface area contributed by atoms with Crippen molar-refractivity contribution in [3.05, 3.63) is 62.1 Å². The lowest BCUT2D eigenvalue weighted by atomic mass is 10.0. The first kappa shape index (κ1) is 19.3. The maximum atomic E-state index is 12.6. The molecular formula is C19H20N4O5. The summed E-state index contributed by atoms with van der Waals surface area (Å²) in [4.78, 5) is 53.5. The van der Waals surface area contributed by atoms with E-state index in [-0.39, 0.29) is 16.9 Å². The quantitative estimate of drug-likeness (QED) is 0.468. The van der Waals surface area contributed by atoms with Crippen LogP contribution in [0, 0.1) is 13.8 Å². The Bertz CT molecular complexity index is 1220. The summed E-state index contributed by atoms with van der Waals surface area (Å²) in [6.45, 7) is 2.60. The first-order chi connectivity index (χ1) is 13.2. The van der Waals surface area contributed by atoms with E-state index in [0.29, 0.717) is 5.56 Å². The number of ether oxygens (including phenoxy) is 1. The van der Waals surface area contributed by atoms with Gasteiger partial charge in [-0.2, -0.15) is 0 Å². The third kappa shape index (κ3) is 3.38. The Morgan fingerprint density at radius 3 is 2.57 bits per heavy atom. The molecule has 0 amide bonds. The number of fused-ring (bicyclic) bond motifs is 1. The lowest BCUT2D eigenvalue weighted by Crippen LogP contribution is -2.41. The van der Waals surface area contributed by atoms with Crippen LogP contribution in [0.5, 0.6) is 0 Å². The van der Waals surface area contributed by atoms with E-state index in [1.54, 1.807) is 20.0 Å². The second-order valence-electron chi connectivity index (χ2n) is 6.66. The lowest BCUT2D eigenvalue weighted by Gasteiger charge is -2.10. The minimum atomic E-state index is -0.848. The molecule has 0 aliphatic rings. The molecule has 3 rings (SSSR count). The fourth-order valence-corrected chi connectivity index (χ4v) is 2.97. The minimum absolute atomic E-state index is 0.196. The Morgan fingerprint density at radius 2 is 1.86 bits per heavy atom. The van der Waals surface area contributed by atoms with Crippen LogP contribution in [0.3, 0.4) is 0 Å². The molecule has 9 heteroatoms. The van der Waals surface area contributed by atoms with E-state index in [9.17, 15) is 19.2 Å². The highest BCUT2D eigenvalue weighted by molar-refractivity contribution is 5.99. The third-order valence-electron chi connectivity index (χ3n) is 4.55. The molecule has 0 saturated heterocycles. The number of ketones is 1. The smallest absolute Gasteiger partial charge is 0.333 e. The van der Waals surface area contributed by atoms with E-state index in [1.807, 2.05) is 19.1 Å². The molecule has 9 nitrogen and oxygen atoms in total. The molecule has 0 unspecified atom stereocenters. The Hall–Kier alpha value is -3.49. The second kappa shape index (κ2) is 7.26. The molecule has 0 bridgehead atoms. The topological polar surface area (TPSA) is 105 Å². The van der Waals surface area contributed by atoms with Gasteiger partial charge in [0.05, 0.1) is 6.33 Å². The number of rotatable bonds is 5. The molecule has 0 radical (unpaired) electrons.